The predicted octanol–water partition coefficient (Wildman–Crippen LogP) is 2.98. The van der Waals surface area contributed by atoms with Gasteiger partial charge in [-0.2, -0.15) is 0 Å². The standard InChI is InChI=1S/C17H19NO3/c1-17(2,12-19)18-16(20)13-8-10-15(11-9-13)21-14-6-4-3-5-7-14/h3-11,19H,12H2,1-2H3,(H,18,20). The second-order valence-corrected chi connectivity index (χ2v) is 5.44. The number of carbonyl (C=O) groups excluding carboxylic acids is 1. The van der Waals surface area contributed by atoms with E-state index in [2.05, 4.69) is 5.32 Å². The molecular weight excluding hydrogens is 266 g/mol. The van der Waals surface area contributed by atoms with Crippen LogP contribution < -0.4 is 10.1 Å². The first-order valence-electron chi connectivity index (χ1n) is 6.76. The van der Waals surface area contributed by atoms with Gasteiger partial charge in [-0.3, -0.25) is 4.79 Å². The summed E-state index contributed by atoms with van der Waals surface area (Å²) >= 11 is 0. The number of hydrogen-bond donors (Lipinski definition) is 2. The van der Waals surface area contributed by atoms with Gasteiger partial charge in [-0.25, -0.2) is 0 Å². The molecule has 0 saturated carbocycles. The van der Waals surface area contributed by atoms with Gasteiger partial charge < -0.3 is 15.2 Å². The summed E-state index contributed by atoms with van der Waals surface area (Å²) < 4.78 is 5.66. The van der Waals surface area contributed by atoms with Crippen molar-refractivity contribution in [2.24, 2.45) is 0 Å². The summed E-state index contributed by atoms with van der Waals surface area (Å²) in [6, 6.07) is 16.3. The van der Waals surface area contributed by atoms with E-state index in [4.69, 9.17) is 9.84 Å². The van der Waals surface area contributed by atoms with Crippen molar-refractivity contribution in [1.29, 1.82) is 0 Å². The molecule has 2 aromatic rings. The first kappa shape index (κ1) is 15.1. The third-order valence-corrected chi connectivity index (χ3v) is 2.94. The minimum atomic E-state index is -0.643. The van der Waals surface area contributed by atoms with Gasteiger partial charge >= 0.3 is 0 Å². The molecule has 0 unspecified atom stereocenters. The van der Waals surface area contributed by atoms with E-state index in [-0.39, 0.29) is 12.5 Å². The van der Waals surface area contributed by atoms with Crippen molar-refractivity contribution in [3.8, 4) is 11.5 Å². The summed E-state index contributed by atoms with van der Waals surface area (Å²) in [5.41, 5.74) is -0.118. The van der Waals surface area contributed by atoms with Crippen LogP contribution in [0.2, 0.25) is 0 Å². The maximum absolute atomic E-state index is 12.0. The highest BCUT2D eigenvalue weighted by Gasteiger charge is 2.19. The van der Waals surface area contributed by atoms with Crippen LogP contribution in [-0.2, 0) is 0 Å². The number of aliphatic hydroxyl groups is 1. The minimum Gasteiger partial charge on any atom is -0.457 e. The van der Waals surface area contributed by atoms with E-state index in [1.54, 1.807) is 38.1 Å². The van der Waals surface area contributed by atoms with Gasteiger partial charge in [-0.15, -0.1) is 0 Å². The van der Waals surface area contributed by atoms with Crippen molar-refractivity contribution in [1.82, 2.24) is 5.32 Å². The van der Waals surface area contributed by atoms with Gasteiger partial charge in [0.25, 0.3) is 5.91 Å². The van der Waals surface area contributed by atoms with E-state index in [9.17, 15) is 4.79 Å². The first-order chi connectivity index (χ1) is 10.00. The van der Waals surface area contributed by atoms with Crippen molar-refractivity contribution in [3.63, 3.8) is 0 Å². The highest BCUT2D eigenvalue weighted by molar-refractivity contribution is 5.94. The third kappa shape index (κ3) is 4.33. The van der Waals surface area contributed by atoms with Crippen LogP contribution in [0, 0.1) is 0 Å². The Kier molecular flexibility index (Phi) is 4.60. The minimum absolute atomic E-state index is 0.117. The van der Waals surface area contributed by atoms with Crippen LogP contribution in [0.4, 0.5) is 0 Å². The Hall–Kier alpha value is -2.33. The van der Waals surface area contributed by atoms with Gasteiger partial charge in [0.2, 0.25) is 0 Å². The lowest BCUT2D eigenvalue weighted by Crippen LogP contribution is -2.46. The zero-order valence-electron chi connectivity index (χ0n) is 12.2. The lowest BCUT2D eigenvalue weighted by Gasteiger charge is -2.23. The van der Waals surface area contributed by atoms with E-state index in [1.165, 1.54) is 0 Å². The van der Waals surface area contributed by atoms with E-state index in [0.29, 0.717) is 11.3 Å². The molecule has 0 bridgehead atoms. The highest BCUT2D eigenvalue weighted by Crippen LogP contribution is 2.21. The molecule has 0 heterocycles. The fourth-order valence-corrected chi connectivity index (χ4v) is 1.72. The van der Waals surface area contributed by atoms with E-state index < -0.39 is 5.54 Å². The van der Waals surface area contributed by atoms with Crippen LogP contribution in [0.15, 0.2) is 54.6 Å². The molecular formula is C17H19NO3. The molecule has 0 fully saturated rings. The number of aliphatic hydroxyl groups excluding tert-OH is 1. The SMILES string of the molecule is CC(C)(CO)NC(=O)c1ccc(Oc2ccccc2)cc1. The van der Waals surface area contributed by atoms with E-state index >= 15 is 0 Å². The smallest absolute Gasteiger partial charge is 0.251 e. The molecule has 0 aliphatic heterocycles. The fourth-order valence-electron chi connectivity index (χ4n) is 1.72. The Balaban J connectivity index is 2.03. The molecule has 1 amide bonds. The molecule has 110 valence electrons. The summed E-state index contributed by atoms with van der Waals surface area (Å²) in [6.45, 7) is 3.41. The van der Waals surface area contributed by atoms with Crippen molar-refractivity contribution in [3.05, 3.63) is 60.2 Å². The largest absolute Gasteiger partial charge is 0.457 e. The van der Waals surface area contributed by atoms with Gasteiger partial charge in [0.15, 0.2) is 0 Å². The Morgan fingerprint density at radius 3 is 2.19 bits per heavy atom. The molecule has 0 aliphatic rings. The molecule has 0 saturated heterocycles. The third-order valence-electron chi connectivity index (χ3n) is 2.94. The summed E-state index contributed by atoms with van der Waals surface area (Å²) in [4.78, 5) is 12.0. The first-order valence-corrected chi connectivity index (χ1v) is 6.76. The summed E-state index contributed by atoms with van der Waals surface area (Å²) in [5.74, 6) is 1.19. The summed E-state index contributed by atoms with van der Waals surface area (Å²) in [7, 11) is 0. The number of nitrogens with one attached hydrogen (secondary N) is 1. The molecule has 0 atom stereocenters. The number of benzene rings is 2. The lowest BCUT2D eigenvalue weighted by molar-refractivity contribution is 0.0869. The fraction of sp³-hybridized carbons (Fsp3) is 0.235. The zero-order valence-corrected chi connectivity index (χ0v) is 12.2. The molecule has 2 rings (SSSR count). The van der Waals surface area contributed by atoms with Crippen LogP contribution >= 0.6 is 0 Å². The molecule has 0 aliphatic carbocycles. The molecule has 0 spiro atoms. The second kappa shape index (κ2) is 6.41. The monoisotopic (exact) mass is 285 g/mol. The Morgan fingerprint density at radius 2 is 1.62 bits per heavy atom. The van der Waals surface area contributed by atoms with Crippen molar-refractivity contribution < 1.29 is 14.6 Å². The highest BCUT2D eigenvalue weighted by atomic mass is 16.5. The molecule has 21 heavy (non-hydrogen) atoms. The van der Waals surface area contributed by atoms with Crippen LogP contribution in [0.5, 0.6) is 11.5 Å². The summed E-state index contributed by atoms with van der Waals surface area (Å²) in [6.07, 6.45) is 0. The molecule has 2 aromatic carbocycles. The Morgan fingerprint density at radius 1 is 1.05 bits per heavy atom. The normalized spacial score (nSPS) is 11.0. The van der Waals surface area contributed by atoms with Crippen LogP contribution in [0.25, 0.3) is 0 Å². The maximum Gasteiger partial charge on any atom is 0.251 e. The average molecular weight is 285 g/mol. The van der Waals surface area contributed by atoms with Crippen molar-refractivity contribution in [2.45, 2.75) is 19.4 Å². The Bertz CT molecular complexity index is 591. The van der Waals surface area contributed by atoms with Crippen LogP contribution in [0.3, 0.4) is 0 Å². The molecule has 0 aromatic heterocycles. The second-order valence-electron chi connectivity index (χ2n) is 5.44. The number of hydrogen-bond acceptors (Lipinski definition) is 3. The number of carbonyl (C=O) groups is 1. The predicted molar refractivity (Wildman–Crippen MR) is 81.6 cm³/mol. The summed E-state index contributed by atoms with van der Waals surface area (Å²) in [5, 5.41) is 11.9. The number of ether oxygens (including phenoxy) is 1. The van der Waals surface area contributed by atoms with E-state index in [0.717, 1.165) is 5.75 Å². The topological polar surface area (TPSA) is 58.6 Å². The van der Waals surface area contributed by atoms with Gasteiger partial charge in [-0.1, -0.05) is 18.2 Å². The van der Waals surface area contributed by atoms with Crippen molar-refractivity contribution >= 4 is 5.91 Å². The lowest BCUT2D eigenvalue weighted by atomic mass is 10.1. The Labute approximate surface area is 124 Å². The van der Waals surface area contributed by atoms with Gasteiger partial charge in [-0.05, 0) is 50.2 Å². The molecule has 2 N–H and O–H groups in total. The van der Waals surface area contributed by atoms with Gasteiger partial charge in [0.05, 0.1) is 12.1 Å². The van der Waals surface area contributed by atoms with E-state index in [1.807, 2.05) is 30.3 Å². The quantitative estimate of drug-likeness (QED) is 0.888. The van der Waals surface area contributed by atoms with Crippen LogP contribution in [0.1, 0.15) is 24.2 Å². The number of amides is 1. The molecule has 4 heteroatoms. The number of rotatable bonds is 5. The molecule has 4 nitrogen and oxygen atoms in total. The van der Waals surface area contributed by atoms with Crippen molar-refractivity contribution in [2.75, 3.05) is 6.61 Å². The maximum atomic E-state index is 12.0. The average Bonchev–Trinajstić information content (AvgIpc) is 2.48. The molecule has 0 radical (unpaired) electrons. The zero-order chi connectivity index (χ0) is 15.3. The van der Waals surface area contributed by atoms with Crippen LogP contribution in [-0.4, -0.2) is 23.2 Å². The van der Waals surface area contributed by atoms with Gasteiger partial charge in [0.1, 0.15) is 11.5 Å². The number of para-hydroxylation sites is 1. The van der Waals surface area contributed by atoms with Gasteiger partial charge in [0, 0.05) is 5.56 Å².